The van der Waals surface area contributed by atoms with E-state index in [-0.39, 0.29) is 23.9 Å². The minimum Gasteiger partial charge on any atom is -0.350 e. The SMILES string of the molecule is NCC(NC(=O)Cn1ccc(=O)c2ccccc21)C1CC1. The molecule has 0 bridgehead atoms. The molecule has 5 nitrogen and oxygen atoms in total. The van der Waals surface area contributed by atoms with Gasteiger partial charge < -0.3 is 15.6 Å². The quantitative estimate of drug-likeness (QED) is 0.855. The lowest BCUT2D eigenvalue weighted by atomic mass is 10.2. The topological polar surface area (TPSA) is 77.1 Å². The van der Waals surface area contributed by atoms with Gasteiger partial charge >= 0.3 is 0 Å². The van der Waals surface area contributed by atoms with Gasteiger partial charge in [0.05, 0.1) is 5.52 Å². The second kappa shape index (κ2) is 5.69. The van der Waals surface area contributed by atoms with Gasteiger partial charge in [0, 0.05) is 30.2 Å². The van der Waals surface area contributed by atoms with Crippen LogP contribution >= 0.6 is 0 Å². The van der Waals surface area contributed by atoms with Crippen molar-refractivity contribution in [2.24, 2.45) is 11.7 Å². The molecule has 1 fully saturated rings. The average molecular weight is 285 g/mol. The highest BCUT2D eigenvalue weighted by atomic mass is 16.2. The van der Waals surface area contributed by atoms with Crippen molar-refractivity contribution in [2.45, 2.75) is 25.4 Å². The monoisotopic (exact) mass is 285 g/mol. The summed E-state index contributed by atoms with van der Waals surface area (Å²) in [5, 5.41) is 3.62. The second-order valence-electron chi connectivity index (χ2n) is 5.57. The van der Waals surface area contributed by atoms with Gasteiger partial charge in [-0.25, -0.2) is 0 Å². The van der Waals surface area contributed by atoms with Gasteiger partial charge in [-0.15, -0.1) is 0 Å². The van der Waals surface area contributed by atoms with Crippen molar-refractivity contribution in [3.8, 4) is 0 Å². The Morgan fingerprint density at radius 2 is 2.10 bits per heavy atom. The molecule has 0 radical (unpaired) electrons. The van der Waals surface area contributed by atoms with Gasteiger partial charge in [0.1, 0.15) is 6.54 Å². The number of carbonyl (C=O) groups is 1. The van der Waals surface area contributed by atoms with Gasteiger partial charge in [-0.2, -0.15) is 0 Å². The number of nitrogens with one attached hydrogen (secondary N) is 1. The summed E-state index contributed by atoms with van der Waals surface area (Å²) < 4.78 is 1.80. The molecule has 1 unspecified atom stereocenters. The number of pyridine rings is 1. The molecule has 3 N–H and O–H groups in total. The van der Waals surface area contributed by atoms with Crippen molar-refractivity contribution < 1.29 is 4.79 Å². The van der Waals surface area contributed by atoms with Gasteiger partial charge in [0.15, 0.2) is 5.43 Å². The first-order valence-corrected chi connectivity index (χ1v) is 7.26. The first-order chi connectivity index (χ1) is 10.2. The first kappa shape index (κ1) is 13.8. The van der Waals surface area contributed by atoms with Crippen molar-refractivity contribution in [1.29, 1.82) is 0 Å². The van der Waals surface area contributed by atoms with Gasteiger partial charge in [-0.3, -0.25) is 9.59 Å². The zero-order valence-electron chi connectivity index (χ0n) is 11.8. The van der Waals surface area contributed by atoms with Crippen LogP contribution in [0.1, 0.15) is 12.8 Å². The lowest BCUT2D eigenvalue weighted by molar-refractivity contribution is -0.122. The Labute approximate surface area is 122 Å². The molecule has 1 atom stereocenters. The molecular formula is C16H19N3O2. The third-order valence-corrected chi connectivity index (χ3v) is 3.99. The standard InChI is InChI=1S/C16H19N3O2/c17-9-13(11-5-6-11)18-16(21)10-19-8-7-15(20)12-3-1-2-4-14(12)19/h1-4,7-8,11,13H,5-6,9-10,17H2,(H,18,21). The number of hydrogen-bond donors (Lipinski definition) is 2. The van der Waals surface area contributed by atoms with Crippen LogP contribution in [0.4, 0.5) is 0 Å². The minimum atomic E-state index is -0.0637. The maximum absolute atomic E-state index is 12.2. The second-order valence-corrected chi connectivity index (χ2v) is 5.57. The highest BCUT2D eigenvalue weighted by Gasteiger charge is 2.31. The van der Waals surface area contributed by atoms with Gasteiger partial charge in [0.25, 0.3) is 0 Å². The Hall–Kier alpha value is -2.14. The Balaban J connectivity index is 1.80. The van der Waals surface area contributed by atoms with E-state index in [9.17, 15) is 9.59 Å². The Kier molecular flexibility index (Phi) is 3.75. The summed E-state index contributed by atoms with van der Waals surface area (Å²) in [6.07, 6.45) is 3.95. The van der Waals surface area contributed by atoms with Crippen molar-refractivity contribution >= 4 is 16.8 Å². The molecule has 110 valence electrons. The van der Waals surface area contributed by atoms with Crippen LogP contribution in [0.2, 0.25) is 0 Å². The maximum atomic E-state index is 12.2. The fourth-order valence-corrected chi connectivity index (χ4v) is 2.67. The van der Waals surface area contributed by atoms with E-state index in [4.69, 9.17) is 5.73 Å². The number of hydrogen-bond acceptors (Lipinski definition) is 3. The summed E-state index contributed by atoms with van der Waals surface area (Å²) in [6, 6.07) is 8.89. The third kappa shape index (κ3) is 2.97. The number of fused-ring (bicyclic) bond motifs is 1. The zero-order valence-corrected chi connectivity index (χ0v) is 11.8. The van der Waals surface area contributed by atoms with E-state index in [2.05, 4.69) is 5.32 Å². The lowest BCUT2D eigenvalue weighted by Gasteiger charge is -2.17. The third-order valence-electron chi connectivity index (χ3n) is 3.99. The number of rotatable bonds is 5. The number of nitrogens with two attached hydrogens (primary N) is 1. The molecule has 0 aliphatic heterocycles. The molecule has 1 aromatic carbocycles. The molecule has 3 rings (SSSR count). The van der Waals surface area contributed by atoms with Crippen LogP contribution in [-0.4, -0.2) is 23.1 Å². The summed E-state index contributed by atoms with van der Waals surface area (Å²) >= 11 is 0. The Morgan fingerprint density at radius 1 is 1.33 bits per heavy atom. The number of carbonyl (C=O) groups excluding carboxylic acids is 1. The molecule has 1 amide bonds. The minimum absolute atomic E-state index is 0.0277. The van der Waals surface area contributed by atoms with E-state index in [0.29, 0.717) is 17.8 Å². The number of benzene rings is 1. The van der Waals surface area contributed by atoms with Crippen molar-refractivity contribution in [3.63, 3.8) is 0 Å². The molecule has 0 spiro atoms. The van der Waals surface area contributed by atoms with Crippen LogP contribution in [-0.2, 0) is 11.3 Å². The Morgan fingerprint density at radius 3 is 2.81 bits per heavy atom. The zero-order chi connectivity index (χ0) is 14.8. The fourth-order valence-electron chi connectivity index (χ4n) is 2.67. The molecule has 5 heteroatoms. The van der Waals surface area contributed by atoms with Gasteiger partial charge in [-0.05, 0) is 30.9 Å². The normalized spacial score (nSPS) is 15.9. The van der Waals surface area contributed by atoms with Crippen molar-refractivity contribution in [1.82, 2.24) is 9.88 Å². The molecule has 1 aliphatic carbocycles. The smallest absolute Gasteiger partial charge is 0.240 e. The van der Waals surface area contributed by atoms with Crippen molar-refractivity contribution in [3.05, 3.63) is 46.8 Å². The van der Waals surface area contributed by atoms with Crippen LogP contribution in [0.5, 0.6) is 0 Å². The van der Waals surface area contributed by atoms with E-state index in [1.807, 2.05) is 18.2 Å². The molecule has 1 aliphatic rings. The van der Waals surface area contributed by atoms with E-state index in [1.165, 1.54) is 6.07 Å². The molecule has 21 heavy (non-hydrogen) atoms. The number of para-hydroxylation sites is 1. The maximum Gasteiger partial charge on any atom is 0.240 e. The summed E-state index contributed by atoms with van der Waals surface area (Å²) in [6.45, 7) is 0.672. The molecule has 1 aromatic heterocycles. The summed E-state index contributed by atoms with van der Waals surface area (Å²) in [5.74, 6) is 0.468. The Bertz CT molecular complexity index is 719. The largest absolute Gasteiger partial charge is 0.350 e. The highest BCUT2D eigenvalue weighted by molar-refractivity contribution is 5.82. The summed E-state index contributed by atoms with van der Waals surface area (Å²) in [5.41, 5.74) is 6.45. The lowest BCUT2D eigenvalue weighted by Crippen LogP contribution is -2.43. The van der Waals surface area contributed by atoms with Crippen molar-refractivity contribution in [2.75, 3.05) is 6.54 Å². The van der Waals surface area contributed by atoms with E-state index < -0.39 is 0 Å². The fraction of sp³-hybridized carbons (Fsp3) is 0.375. The number of nitrogens with zero attached hydrogens (tertiary/aromatic N) is 1. The number of amides is 1. The first-order valence-electron chi connectivity index (χ1n) is 7.26. The van der Waals surface area contributed by atoms with E-state index >= 15 is 0 Å². The van der Waals surface area contributed by atoms with Crippen LogP contribution in [0.15, 0.2) is 41.3 Å². The van der Waals surface area contributed by atoms with E-state index in [1.54, 1.807) is 16.8 Å². The highest BCUT2D eigenvalue weighted by Crippen LogP contribution is 2.32. The van der Waals surface area contributed by atoms with E-state index in [0.717, 1.165) is 18.4 Å². The molecule has 1 heterocycles. The van der Waals surface area contributed by atoms with Crippen LogP contribution < -0.4 is 16.5 Å². The summed E-state index contributed by atoms with van der Waals surface area (Å²) in [7, 11) is 0. The number of aromatic nitrogens is 1. The molecule has 1 saturated carbocycles. The average Bonchev–Trinajstić information content (AvgIpc) is 3.33. The summed E-state index contributed by atoms with van der Waals surface area (Å²) in [4.78, 5) is 24.0. The predicted octanol–water partition coefficient (Wildman–Crippen LogP) is 0.855. The predicted molar refractivity (Wildman–Crippen MR) is 81.9 cm³/mol. The van der Waals surface area contributed by atoms with Crippen LogP contribution in [0.25, 0.3) is 10.9 Å². The molecule has 2 aromatic rings. The molecule has 0 saturated heterocycles. The van der Waals surface area contributed by atoms with Gasteiger partial charge in [-0.1, -0.05) is 12.1 Å². The van der Waals surface area contributed by atoms with Crippen LogP contribution in [0, 0.1) is 5.92 Å². The molecular weight excluding hydrogens is 266 g/mol. The van der Waals surface area contributed by atoms with Crippen LogP contribution in [0.3, 0.4) is 0 Å². The van der Waals surface area contributed by atoms with Gasteiger partial charge in [0.2, 0.25) is 5.91 Å².